The highest BCUT2D eigenvalue weighted by molar-refractivity contribution is 7.89. The molecule has 1 aromatic heterocycles. The Morgan fingerprint density at radius 2 is 1.84 bits per heavy atom. The van der Waals surface area contributed by atoms with Gasteiger partial charge in [-0.1, -0.05) is 12.1 Å². The highest BCUT2D eigenvalue weighted by Gasteiger charge is 2.36. The van der Waals surface area contributed by atoms with E-state index in [0.717, 1.165) is 25.2 Å². The largest absolute Gasteiger partial charge is 0.340 e. The minimum absolute atomic E-state index is 0.0347. The Morgan fingerprint density at radius 1 is 1.13 bits per heavy atom. The summed E-state index contributed by atoms with van der Waals surface area (Å²) in [6.07, 6.45) is 4.20. The van der Waals surface area contributed by atoms with E-state index in [1.54, 1.807) is 19.2 Å². The van der Waals surface area contributed by atoms with Crippen molar-refractivity contribution in [2.75, 3.05) is 39.3 Å². The fourth-order valence-corrected chi connectivity index (χ4v) is 5.79. The number of rotatable bonds is 5. The molecule has 0 saturated carbocycles. The number of aryl methyl sites for hydroxylation is 1. The van der Waals surface area contributed by atoms with E-state index in [4.69, 9.17) is 0 Å². The van der Waals surface area contributed by atoms with Gasteiger partial charge >= 0.3 is 0 Å². The molecule has 0 unspecified atom stereocenters. The van der Waals surface area contributed by atoms with Crippen molar-refractivity contribution in [3.63, 3.8) is 0 Å². The molecule has 0 bridgehead atoms. The van der Waals surface area contributed by atoms with E-state index >= 15 is 0 Å². The third-order valence-corrected chi connectivity index (χ3v) is 7.87. The van der Waals surface area contributed by atoms with Gasteiger partial charge in [-0.05, 0) is 30.5 Å². The van der Waals surface area contributed by atoms with Gasteiger partial charge in [0.25, 0.3) is 0 Å². The van der Waals surface area contributed by atoms with Crippen molar-refractivity contribution in [1.29, 1.82) is 0 Å². The quantitative estimate of drug-likeness (QED) is 0.688. The molecule has 3 heterocycles. The van der Waals surface area contributed by atoms with Crippen LogP contribution >= 0.6 is 0 Å². The second-order valence-electron chi connectivity index (χ2n) is 8.28. The molecule has 0 radical (unpaired) electrons. The van der Waals surface area contributed by atoms with Gasteiger partial charge < -0.3 is 4.90 Å². The number of halogens is 1. The molecule has 1 atom stereocenters. The molecule has 2 aliphatic rings. The fourth-order valence-electron chi connectivity index (χ4n) is 4.28. The molecule has 2 aromatic rings. The van der Waals surface area contributed by atoms with E-state index in [9.17, 15) is 17.6 Å². The molecule has 2 saturated heterocycles. The average molecular weight is 450 g/mol. The number of benzene rings is 1. The van der Waals surface area contributed by atoms with Gasteiger partial charge in [-0.15, -0.1) is 0 Å². The Labute approximate surface area is 182 Å². The van der Waals surface area contributed by atoms with Gasteiger partial charge in [0.1, 0.15) is 10.7 Å². The van der Waals surface area contributed by atoms with Crippen LogP contribution in [0.1, 0.15) is 18.4 Å². The molecule has 0 N–H and O–H groups in total. The molecule has 4 rings (SSSR count). The van der Waals surface area contributed by atoms with E-state index in [1.807, 2.05) is 4.90 Å². The van der Waals surface area contributed by atoms with Crippen molar-refractivity contribution in [1.82, 2.24) is 23.9 Å². The Bertz CT molecular complexity index is 1020. The maximum atomic E-state index is 13.1. The first-order chi connectivity index (χ1) is 14.8. The minimum atomic E-state index is -3.64. The maximum Gasteiger partial charge on any atom is 0.246 e. The van der Waals surface area contributed by atoms with Crippen LogP contribution in [0.15, 0.2) is 41.6 Å². The lowest BCUT2D eigenvalue weighted by atomic mass is 9.97. The summed E-state index contributed by atoms with van der Waals surface area (Å²) in [6.45, 7) is 4.08. The van der Waals surface area contributed by atoms with E-state index in [0.29, 0.717) is 32.5 Å². The zero-order valence-electron chi connectivity index (χ0n) is 17.7. The molecule has 31 heavy (non-hydrogen) atoms. The SMILES string of the molecule is Cn1cc(S(=O)(=O)N2CCC[C@@H](C(=O)N3CCN(Cc4ccc(F)cc4)CC3)C2)cn1. The van der Waals surface area contributed by atoms with Gasteiger partial charge in [-0.2, -0.15) is 9.40 Å². The first kappa shape index (κ1) is 21.9. The molecule has 1 amide bonds. The number of hydrogen-bond donors (Lipinski definition) is 0. The molecular formula is C21H28FN5O3S. The number of amides is 1. The van der Waals surface area contributed by atoms with E-state index in [2.05, 4.69) is 10.00 Å². The molecule has 168 valence electrons. The van der Waals surface area contributed by atoms with E-state index < -0.39 is 10.0 Å². The summed E-state index contributed by atoms with van der Waals surface area (Å²) in [6, 6.07) is 6.49. The lowest BCUT2D eigenvalue weighted by molar-refractivity contribution is -0.138. The predicted octanol–water partition coefficient (Wildman–Crippen LogP) is 1.30. The normalized spacial score (nSPS) is 21.4. The van der Waals surface area contributed by atoms with Gasteiger partial charge in [-0.25, -0.2) is 12.8 Å². The standard InChI is InChI=1S/C21H28FN5O3S/c1-24-16-20(13-23-24)31(29,30)27-8-2-3-18(15-27)21(28)26-11-9-25(10-12-26)14-17-4-6-19(22)7-5-17/h4-7,13,16,18H,2-3,8-12,14-15H2,1H3/t18-/m1/s1. The Balaban J connectivity index is 1.33. The van der Waals surface area contributed by atoms with Crippen LogP contribution in [0.5, 0.6) is 0 Å². The van der Waals surface area contributed by atoms with Crippen LogP contribution in [-0.4, -0.2) is 77.5 Å². The third kappa shape index (κ3) is 4.97. The van der Waals surface area contributed by atoms with Crippen LogP contribution in [0.2, 0.25) is 0 Å². The smallest absolute Gasteiger partial charge is 0.246 e. The monoisotopic (exact) mass is 449 g/mol. The minimum Gasteiger partial charge on any atom is -0.340 e. The Kier molecular flexibility index (Phi) is 6.40. The van der Waals surface area contributed by atoms with Crippen LogP contribution in [0.25, 0.3) is 0 Å². The lowest BCUT2D eigenvalue weighted by Gasteiger charge is -2.38. The second-order valence-corrected chi connectivity index (χ2v) is 10.2. The first-order valence-corrected chi connectivity index (χ1v) is 12.0. The molecule has 8 nitrogen and oxygen atoms in total. The van der Waals surface area contributed by atoms with Crippen molar-refractivity contribution in [3.8, 4) is 0 Å². The number of hydrogen-bond acceptors (Lipinski definition) is 5. The fraction of sp³-hybridized carbons (Fsp3) is 0.524. The van der Waals surface area contributed by atoms with Gasteiger partial charge in [0.15, 0.2) is 0 Å². The van der Waals surface area contributed by atoms with Gasteiger partial charge in [-0.3, -0.25) is 14.4 Å². The molecule has 2 aliphatic heterocycles. The van der Waals surface area contributed by atoms with Crippen molar-refractivity contribution in [2.24, 2.45) is 13.0 Å². The van der Waals surface area contributed by atoms with Gasteiger partial charge in [0.05, 0.1) is 12.1 Å². The van der Waals surface area contributed by atoms with Crippen molar-refractivity contribution >= 4 is 15.9 Å². The van der Waals surface area contributed by atoms with Crippen LogP contribution < -0.4 is 0 Å². The van der Waals surface area contributed by atoms with Crippen molar-refractivity contribution < 1.29 is 17.6 Å². The molecule has 0 aliphatic carbocycles. The average Bonchev–Trinajstić information content (AvgIpc) is 3.23. The number of carbonyl (C=O) groups excluding carboxylic acids is 1. The van der Waals surface area contributed by atoms with Gasteiger partial charge in [0.2, 0.25) is 15.9 Å². The number of nitrogens with zero attached hydrogens (tertiary/aromatic N) is 5. The second kappa shape index (κ2) is 9.05. The van der Waals surface area contributed by atoms with Crippen molar-refractivity contribution in [2.45, 2.75) is 24.3 Å². The summed E-state index contributed by atoms with van der Waals surface area (Å²) < 4.78 is 41.8. The van der Waals surface area contributed by atoms with Crippen molar-refractivity contribution in [3.05, 3.63) is 48.0 Å². The lowest BCUT2D eigenvalue weighted by Crippen LogP contribution is -2.52. The number of piperidine rings is 1. The maximum absolute atomic E-state index is 13.1. The van der Waals surface area contributed by atoms with Crippen LogP contribution in [-0.2, 0) is 28.4 Å². The van der Waals surface area contributed by atoms with Crippen LogP contribution in [0, 0.1) is 11.7 Å². The summed E-state index contributed by atoms with van der Waals surface area (Å²) in [5, 5.41) is 3.96. The zero-order chi connectivity index (χ0) is 22.0. The molecule has 10 heteroatoms. The van der Waals surface area contributed by atoms with E-state index in [1.165, 1.54) is 33.5 Å². The summed E-state index contributed by atoms with van der Waals surface area (Å²) in [7, 11) is -1.96. The predicted molar refractivity (Wildman–Crippen MR) is 113 cm³/mol. The summed E-state index contributed by atoms with van der Waals surface area (Å²) in [4.78, 5) is 17.4. The topological polar surface area (TPSA) is 78.8 Å². The van der Waals surface area contributed by atoms with Gasteiger partial charge in [0, 0.05) is 59.1 Å². The highest BCUT2D eigenvalue weighted by Crippen LogP contribution is 2.25. The number of carbonyl (C=O) groups is 1. The summed E-state index contributed by atoms with van der Waals surface area (Å²) >= 11 is 0. The van der Waals surface area contributed by atoms with E-state index in [-0.39, 0.29) is 29.1 Å². The molecular weight excluding hydrogens is 421 g/mol. The highest BCUT2D eigenvalue weighted by atomic mass is 32.2. The summed E-state index contributed by atoms with van der Waals surface area (Å²) in [5.74, 6) is -0.525. The number of piperazine rings is 1. The zero-order valence-corrected chi connectivity index (χ0v) is 18.5. The Hall–Kier alpha value is -2.30. The number of aromatic nitrogens is 2. The third-order valence-electron chi connectivity index (χ3n) is 6.06. The summed E-state index contributed by atoms with van der Waals surface area (Å²) in [5.41, 5.74) is 1.05. The number of sulfonamides is 1. The molecule has 1 aromatic carbocycles. The van der Waals surface area contributed by atoms with Crippen LogP contribution in [0.3, 0.4) is 0 Å². The molecule has 2 fully saturated rings. The first-order valence-electron chi connectivity index (χ1n) is 10.6. The molecule has 0 spiro atoms. The van der Waals surface area contributed by atoms with Crippen LogP contribution in [0.4, 0.5) is 4.39 Å². The Morgan fingerprint density at radius 3 is 2.48 bits per heavy atom.